The first kappa shape index (κ1) is 6.61. The number of hydrogen-bond donors (Lipinski definition) is 2. The largest absolute Gasteiger partial charge is 0.232 e. The van der Waals surface area contributed by atoms with E-state index in [2.05, 4.69) is 36.9 Å². The molecule has 1 aromatic rings. The van der Waals surface area contributed by atoms with E-state index in [1.807, 2.05) is 10.9 Å². The summed E-state index contributed by atoms with van der Waals surface area (Å²) in [7, 11) is 0. The predicted molar refractivity (Wildman–Crippen MR) is 42.3 cm³/mol. The van der Waals surface area contributed by atoms with Crippen molar-refractivity contribution in [2.45, 2.75) is 19.9 Å². The van der Waals surface area contributed by atoms with E-state index < -0.39 is 0 Å². The molecule has 0 radical (unpaired) electrons. The molecule has 0 aromatic carbocycles. The second-order valence-corrected chi connectivity index (χ2v) is 2.98. The van der Waals surface area contributed by atoms with Gasteiger partial charge in [0, 0.05) is 12.1 Å². The topological polar surface area (TPSA) is 27.9 Å². The molecule has 0 amide bonds. The monoisotopic (exact) mass is 150 g/mol. The maximum atomic E-state index is 3.13. The molecule has 1 aliphatic heterocycles. The van der Waals surface area contributed by atoms with Crippen LogP contribution in [0.2, 0.25) is 0 Å². The lowest BCUT2D eigenvalue weighted by molar-refractivity contribution is -0.649. The maximum absolute atomic E-state index is 3.13. The van der Waals surface area contributed by atoms with Crippen molar-refractivity contribution in [3.63, 3.8) is 0 Å². The van der Waals surface area contributed by atoms with Gasteiger partial charge < -0.3 is 0 Å². The molecule has 2 N–H and O–H groups in total. The average Bonchev–Trinajstić information content (AvgIpc) is 2.33. The van der Waals surface area contributed by atoms with E-state index >= 15 is 0 Å². The van der Waals surface area contributed by atoms with Gasteiger partial charge in [-0.1, -0.05) is 4.68 Å². The molecule has 1 aliphatic rings. The van der Waals surface area contributed by atoms with E-state index in [1.54, 1.807) is 0 Å². The number of fused-ring (bicyclic) bond motifs is 1. The van der Waals surface area contributed by atoms with Crippen molar-refractivity contribution in [2.24, 2.45) is 0 Å². The molecular formula is C8H12N3+. The summed E-state index contributed by atoms with van der Waals surface area (Å²) in [4.78, 5) is 0. The maximum Gasteiger partial charge on any atom is 0.232 e. The molecule has 0 fully saturated rings. The first-order chi connectivity index (χ1) is 5.27. The third kappa shape index (κ3) is 0.973. The van der Waals surface area contributed by atoms with Gasteiger partial charge in [-0.2, -0.15) is 5.43 Å². The van der Waals surface area contributed by atoms with Gasteiger partial charge in [-0.25, -0.2) is 0 Å². The molecule has 0 saturated heterocycles. The van der Waals surface area contributed by atoms with Crippen LogP contribution in [0.3, 0.4) is 0 Å². The Kier molecular flexibility index (Phi) is 1.32. The van der Waals surface area contributed by atoms with Crippen LogP contribution in [0.4, 0.5) is 0 Å². The van der Waals surface area contributed by atoms with Crippen LogP contribution in [0.15, 0.2) is 18.3 Å². The van der Waals surface area contributed by atoms with Crippen molar-refractivity contribution in [1.29, 1.82) is 0 Å². The summed E-state index contributed by atoms with van der Waals surface area (Å²) >= 11 is 0. The van der Waals surface area contributed by atoms with Gasteiger partial charge in [0.15, 0.2) is 0 Å². The number of rotatable bonds is 0. The van der Waals surface area contributed by atoms with Crippen molar-refractivity contribution in [3.8, 4) is 0 Å². The fourth-order valence-electron chi connectivity index (χ4n) is 1.30. The highest BCUT2D eigenvalue weighted by atomic mass is 15.7. The zero-order valence-corrected chi connectivity index (χ0v) is 6.76. The summed E-state index contributed by atoms with van der Waals surface area (Å²) in [6.07, 6.45) is 2.03. The number of hydrazine groups is 1. The van der Waals surface area contributed by atoms with Gasteiger partial charge >= 0.3 is 0 Å². The van der Waals surface area contributed by atoms with Crippen molar-refractivity contribution in [2.75, 3.05) is 5.53 Å². The van der Waals surface area contributed by atoms with Gasteiger partial charge in [-0.15, -0.1) is 5.53 Å². The molecule has 1 aromatic heterocycles. The van der Waals surface area contributed by atoms with Crippen molar-refractivity contribution >= 4 is 0 Å². The van der Waals surface area contributed by atoms with Gasteiger partial charge in [0.2, 0.25) is 11.9 Å². The van der Waals surface area contributed by atoms with E-state index in [0.29, 0.717) is 6.04 Å². The van der Waals surface area contributed by atoms with Gasteiger partial charge in [0.1, 0.15) is 6.04 Å². The molecule has 0 spiro atoms. The van der Waals surface area contributed by atoms with Gasteiger partial charge in [-0.3, -0.25) is 0 Å². The molecule has 0 bridgehead atoms. The van der Waals surface area contributed by atoms with E-state index in [1.165, 1.54) is 11.3 Å². The highest BCUT2D eigenvalue weighted by Gasteiger charge is 2.24. The number of hydrogen-bond acceptors (Lipinski definition) is 2. The van der Waals surface area contributed by atoms with Crippen LogP contribution < -0.4 is 15.6 Å². The second-order valence-electron chi connectivity index (χ2n) is 2.98. The minimum atomic E-state index is 0.398. The van der Waals surface area contributed by atoms with Crippen molar-refractivity contribution < 1.29 is 4.68 Å². The minimum Gasteiger partial charge on any atom is -0.173 e. The standard InChI is InChI=1S/C8H12N3/c1-6-3-4-11-8(5-6)7(2)9-10-11/h3-5,7,9-10H,1-2H3/q+1. The molecule has 58 valence electrons. The quantitative estimate of drug-likeness (QED) is 0.524. The van der Waals surface area contributed by atoms with E-state index in [0.717, 1.165) is 0 Å². The van der Waals surface area contributed by atoms with Crippen LogP contribution in [-0.4, -0.2) is 0 Å². The van der Waals surface area contributed by atoms with Crippen molar-refractivity contribution in [3.05, 3.63) is 29.6 Å². The fraction of sp³-hybridized carbons (Fsp3) is 0.375. The predicted octanol–water partition coefficient (Wildman–Crippen LogP) is 0.405. The molecule has 3 heteroatoms. The van der Waals surface area contributed by atoms with Gasteiger partial charge in [0.05, 0.1) is 0 Å². The molecule has 1 atom stereocenters. The Labute approximate surface area is 66.0 Å². The van der Waals surface area contributed by atoms with Gasteiger partial charge in [-0.05, 0) is 19.4 Å². The summed E-state index contributed by atoms with van der Waals surface area (Å²) < 4.78 is 2.00. The van der Waals surface area contributed by atoms with E-state index in [-0.39, 0.29) is 0 Å². The fourth-order valence-corrected chi connectivity index (χ4v) is 1.30. The lowest BCUT2D eigenvalue weighted by atomic mass is 10.2. The number of aryl methyl sites for hydroxylation is 1. The molecule has 3 nitrogen and oxygen atoms in total. The zero-order valence-electron chi connectivity index (χ0n) is 6.76. The number of aromatic nitrogens is 1. The van der Waals surface area contributed by atoms with Crippen LogP contribution in [-0.2, 0) is 0 Å². The summed E-state index contributed by atoms with van der Waals surface area (Å²) in [5.74, 6) is 0. The summed E-state index contributed by atoms with van der Waals surface area (Å²) in [6.45, 7) is 4.23. The Morgan fingerprint density at radius 2 is 2.36 bits per heavy atom. The van der Waals surface area contributed by atoms with Crippen LogP contribution in [0.5, 0.6) is 0 Å². The molecule has 0 saturated carbocycles. The highest BCUT2D eigenvalue weighted by Crippen LogP contribution is 2.10. The molecular weight excluding hydrogens is 138 g/mol. The summed E-state index contributed by atoms with van der Waals surface area (Å²) in [6, 6.07) is 4.66. The Morgan fingerprint density at radius 3 is 3.18 bits per heavy atom. The smallest absolute Gasteiger partial charge is 0.173 e. The molecule has 2 heterocycles. The molecule has 0 aliphatic carbocycles. The van der Waals surface area contributed by atoms with Crippen LogP contribution in [0.1, 0.15) is 24.2 Å². The Morgan fingerprint density at radius 1 is 1.55 bits per heavy atom. The van der Waals surface area contributed by atoms with E-state index in [9.17, 15) is 0 Å². The summed E-state index contributed by atoms with van der Waals surface area (Å²) in [5, 5.41) is 0. The second kappa shape index (κ2) is 2.20. The average molecular weight is 150 g/mol. The number of nitrogens with zero attached hydrogens (tertiary/aromatic N) is 1. The zero-order chi connectivity index (χ0) is 7.84. The third-order valence-electron chi connectivity index (χ3n) is 1.99. The summed E-state index contributed by atoms with van der Waals surface area (Å²) in [5.41, 5.74) is 8.75. The van der Waals surface area contributed by atoms with Crippen LogP contribution in [0.25, 0.3) is 0 Å². The molecule has 11 heavy (non-hydrogen) atoms. The first-order valence-corrected chi connectivity index (χ1v) is 3.81. The van der Waals surface area contributed by atoms with Crippen LogP contribution in [0, 0.1) is 6.92 Å². The molecule has 1 unspecified atom stereocenters. The lowest BCUT2D eigenvalue weighted by Crippen LogP contribution is -2.45. The molecule has 2 rings (SSSR count). The number of pyridine rings is 1. The van der Waals surface area contributed by atoms with Gasteiger partial charge in [0.25, 0.3) is 0 Å². The number of nitrogens with one attached hydrogen (secondary N) is 2. The lowest BCUT2D eigenvalue weighted by Gasteiger charge is -1.93. The Bertz CT molecular complexity index is 283. The van der Waals surface area contributed by atoms with E-state index in [4.69, 9.17) is 0 Å². The SMILES string of the molecule is Cc1cc[n+]2c(c1)C(C)NN2. The normalized spacial score (nSPS) is 21.1. The van der Waals surface area contributed by atoms with Crippen LogP contribution >= 0.6 is 0 Å². The minimum absolute atomic E-state index is 0.398. The highest BCUT2D eigenvalue weighted by molar-refractivity contribution is 5.13. The first-order valence-electron chi connectivity index (χ1n) is 3.81. The van der Waals surface area contributed by atoms with Crippen molar-refractivity contribution in [1.82, 2.24) is 5.43 Å². The Balaban J connectivity index is 2.52. The third-order valence-corrected chi connectivity index (χ3v) is 1.99. The Hall–Kier alpha value is -1.09.